The van der Waals surface area contributed by atoms with Gasteiger partial charge in [-0.2, -0.15) is 0 Å². The molecule has 0 fully saturated rings. The number of imide groups is 1. The van der Waals surface area contributed by atoms with Crippen molar-refractivity contribution in [2.45, 2.75) is 19.8 Å². The van der Waals surface area contributed by atoms with Crippen LogP contribution in [0.25, 0.3) is 10.9 Å². The summed E-state index contributed by atoms with van der Waals surface area (Å²) in [7, 11) is 1.65. The highest BCUT2D eigenvalue weighted by atomic mass is 16.5. The third kappa shape index (κ3) is 3.73. The Balaban J connectivity index is 1.42. The number of carbonyl (C=O) groups is 2. The molecule has 0 radical (unpaired) electrons. The maximum Gasteiger partial charge on any atom is 0.261 e. The first kappa shape index (κ1) is 19.9. The van der Waals surface area contributed by atoms with Crippen molar-refractivity contribution < 1.29 is 14.3 Å². The Morgan fingerprint density at radius 2 is 1.80 bits per heavy atom. The first-order valence-corrected chi connectivity index (χ1v) is 10.2. The molecule has 0 aliphatic carbocycles. The summed E-state index contributed by atoms with van der Waals surface area (Å²) in [5.41, 5.74) is 2.82. The Morgan fingerprint density at radius 1 is 1.07 bits per heavy atom. The lowest BCUT2D eigenvalue weighted by Gasteiger charge is -2.22. The molecule has 0 saturated heterocycles. The molecule has 154 valence electrons. The molecule has 1 N–H and O–H groups in total. The van der Waals surface area contributed by atoms with Gasteiger partial charge in [0.05, 0.1) is 29.4 Å². The van der Waals surface area contributed by atoms with Crippen LogP contribution >= 0.6 is 0 Å². The second-order valence-corrected chi connectivity index (χ2v) is 7.51. The van der Waals surface area contributed by atoms with Gasteiger partial charge in [0.25, 0.3) is 11.8 Å². The van der Waals surface area contributed by atoms with Crippen molar-refractivity contribution >= 4 is 28.4 Å². The smallest absolute Gasteiger partial charge is 0.261 e. The molecule has 0 unspecified atom stereocenters. The van der Waals surface area contributed by atoms with Gasteiger partial charge >= 0.3 is 0 Å². The highest BCUT2D eigenvalue weighted by molar-refractivity contribution is 6.21. The van der Waals surface area contributed by atoms with Crippen molar-refractivity contribution in [2.75, 3.05) is 25.5 Å². The third-order valence-corrected chi connectivity index (χ3v) is 5.68. The largest absolute Gasteiger partial charge is 0.497 e. The SMILES string of the molecule is CC[C@@H](CCNc1cc(OC)cc2cccnc12)CN1C(=O)c2ccccc2C1=O. The molecule has 4 rings (SSSR count). The summed E-state index contributed by atoms with van der Waals surface area (Å²) in [4.78, 5) is 31.2. The quantitative estimate of drug-likeness (QED) is 0.566. The number of nitrogens with zero attached hydrogens (tertiary/aromatic N) is 2. The van der Waals surface area contributed by atoms with E-state index in [1.165, 1.54) is 4.90 Å². The van der Waals surface area contributed by atoms with E-state index >= 15 is 0 Å². The molecule has 6 heteroatoms. The van der Waals surface area contributed by atoms with E-state index in [-0.39, 0.29) is 17.7 Å². The first-order valence-electron chi connectivity index (χ1n) is 10.2. The van der Waals surface area contributed by atoms with E-state index < -0.39 is 0 Å². The normalized spacial score (nSPS) is 14.1. The molecule has 1 aliphatic rings. The molecule has 1 aliphatic heterocycles. The van der Waals surface area contributed by atoms with Gasteiger partial charge in [-0.15, -0.1) is 0 Å². The van der Waals surface area contributed by atoms with Gasteiger partial charge in [0.15, 0.2) is 0 Å². The topological polar surface area (TPSA) is 71.5 Å². The van der Waals surface area contributed by atoms with Crippen LogP contribution in [0.5, 0.6) is 5.75 Å². The van der Waals surface area contributed by atoms with Crippen LogP contribution in [0.2, 0.25) is 0 Å². The number of rotatable bonds is 8. The fourth-order valence-electron chi connectivity index (χ4n) is 3.92. The molecule has 0 spiro atoms. The Morgan fingerprint density at radius 3 is 2.47 bits per heavy atom. The van der Waals surface area contributed by atoms with Crippen LogP contribution in [-0.4, -0.2) is 41.9 Å². The van der Waals surface area contributed by atoms with E-state index in [1.807, 2.05) is 24.3 Å². The summed E-state index contributed by atoms with van der Waals surface area (Å²) in [5.74, 6) is 0.607. The Labute approximate surface area is 175 Å². The number of amides is 2. The molecular formula is C24H25N3O3. The molecule has 2 heterocycles. The van der Waals surface area contributed by atoms with Gasteiger partial charge in [-0.1, -0.05) is 31.5 Å². The van der Waals surface area contributed by atoms with Crippen LogP contribution in [0.3, 0.4) is 0 Å². The number of ether oxygens (including phenoxy) is 1. The van der Waals surface area contributed by atoms with Crippen molar-refractivity contribution in [1.29, 1.82) is 0 Å². The first-order chi connectivity index (χ1) is 14.6. The minimum atomic E-state index is -0.190. The summed E-state index contributed by atoms with van der Waals surface area (Å²) < 4.78 is 5.41. The van der Waals surface area contributed by atoms with Crippen LogP contribution in [-0.2, 0) is 0 Å². The monoisotopic (exact) mass is 403 g/mol. The van der Waals surface area contributed by atoms with Crippen LogP contribution in [0.15, 0.2) is 54.7 Å². The second kappa shape index (κ2) is 8.53. The standard InChI is InChI=1S/C24H25N3O3/c1-3-16(15-27-23(28)19-8-4-5-9-20(19)24(27)29)10-12-25-21-14-18(30-2)13-17-7-6-11-26-22(17)21/h4-9,11,13-14,16,25H,3,10,12,15H2,1-2H3/t16-/m0/s1. The maximum atomic E-state index is 12.6. The van der Waals surface area contributed by atoms with Crippen molar-refractivity contribution in [2.24, 2.45) is 5.92 Å². The van der Waals surface area contributed by atoms with E-state index in [1.54, 1.807) is 37.6 Å². The molecule has 2 aromatic carbocycles. The highest BCUT2D eigenvalue weighted by Crippen LogP contribution is 2.28. The fourth-order valence-corrected chi connectivity index (χ4v) is 3.92. The molecule has 6 nitrogen and oxygen atoms in total. The van der Waals surface area contributed by atoms with E-state index in [2.05, 4.69) is 17.2 Å². The molecule has 0 saturated carbocycles. The number of fused-ring (bicyclic) bond motifs is 2. The van der Waals surface area contributed by atoms with Crippen molar-refractivity contribution in [3.63, 3.8) is 0 Å². The number of pyridine rings is 1. The van der Waals surface area contributed by atoms with Gasteiger partial charge in [0.1, 0.15) is 5.75 Å². The molecule has 30 heavy (non-hydrogen) atoms. The van der Waals surface area contributed by atoms with Crippen molar-refractivity contribution in [3.8, 4) is 5.75 Å². The average molecular weight is 403 g/mol. The van der Waals surface area contributed by atoms with Gasteiger partial charge in [-0.05, 0) is 36.6 Å². The molecular weight excluding hydrogens is 378 g/mol. The number of hydrogen-bond donors (Lipinski definition) is 1. The molecule has 0 bridgehead atoms. The molecule has 2 amide bonds. The molecule has 1 aromatic heterocycles. The van der Waals surface area contributed by atoms with Crippen LogP contribution in [0.4, 0.5) is 5.69 Å². The summed E-state index contributed by atoms with van der Waals surface area (Å²) >= 11 is 0. The maximum absolute atomic E-state index is 12.6. The summed E-state index contributed by atoms with van der Waals surface area (Å²) in [6.45, 7) is 3.23. The predicted molar refractivity (Wildman–Crippen MR) is 117 cm³/mol. The zero-order valence-corrected chi connectivity index (χ0v) is 17.2. The number of aromatic nitrogens is 1. The lowest BCUT2D eigenvalue weighted by atomic mass is 10.0. The number of methoxy groups -OCH3 is 1. The Hall–Kier alpha value is -3.41. The number of benzene rings is 2. The van der Waals surface area contributed by atoms with Crippen molar-refractivity contribution in [3.05, 3.63) is 65.9 Å². The molecule has 3 aromatic rings. The molecule has 1 atom stereocenters. The van der Waals surface area contributed by atoms with Gasteiger partial charge in [0, 0.05) is 30.7 Å². The van der Waals surface area contributed by atoms with Crippen LogP contribution < -0.4 is 10.1 Å². The number of nitrogens with one attached hydrogen (secondary N) is 1. The van der Waals surface area contributed by atoms with Gasteiger partial charge in [0.2, 0.25) is 0 Å². The van der Waals surface area contributed by atoms with Crippen LogP contribution in [0.1, 0.15) is 40.5 Å². The van der Waals surface area contributed by atoms with Crippen LogP contribution in [0, 0.1) is 5.92 Å². The minimum Gasteiger partial charge on any atom is -0.497 e. The van der Waals surface area contributed by atoms with E-state index in [0.717, 1.165) is 35.2 Å². The zero-order chi connectivity index (χ0) is 21.1. The summed E-state index contributed by atoms with van der Waals surface area (Å²) in [5, 5.41) is 4.47. The highest BCUT2D eigenvalue weighted by Gasteiger charge is 2.35. The number of anilines is 1. The Kier molecular flexibility index (Phi) is 5.65. The third-order valence-electron chi connectivity index (χ3n) is 5.68. The second-order valence-electron chi connectivity index (χ2n) is 7.51. The van der Waals surface area contributed by atoms with Gasteiger partial charge in [-0.25, -0.2) is 0 Å². The number of carbonyl (C=O) groups excluding carboxylic acids is 2. The predicted octanol–water partition coefficient (Wildman–Crippen LogP) is 4.37. The summed E-state index contributed by atoms with van der Waals surface area (Å²) in [6.07, 6.45) is 3.48. The number of hydrogen-bond acceptors (Lipinski definition) is 5. The van der Waals surface area contributed by atoms with E-state index in [4.69, 9.17) is 4.74 Å². The Bertz CT molecular complexity index is 1060. The van der Waals surface area contributed by atoms with Gasteiger partial charge in [-0.3, -0.25) is 19.5 Å². The van der Waals surface area contributed by atoms with Crippen molar-refractivity contribution in [1.82, 2.24) is 9.88 Å². The van der Waals surface area contributed by atoms with E-state index in [0.29, 0.717) is 24.2 Å². The summed E-state index contributed by atoms with van der Waals surface area (Å²) in [6, 6.07) is 14.8. The van der Waals surface area contributed by atoms with Gasteiger partial charge < -0.3 is 10.1 Å². The lowest BCUT2D eigenvalue weighted by molar-refractivity contribution is 0.0626. The lowest BCUT2D eigenvalue weighted by Crippen LogP contribution is -2.35. The average Bonchev–Trinajstić information content (AvgIpc) is 3.03. The van der Waals surface area contributed by atoms with E-state index in [9.17, 15) is 9.59 Å². The fraction of sp³-hybridized carbons (Fsp3) is 0.292. The minimum absolute atomic E-state index is 0.190. The zero-order valence-electron chi connectivity index (χ0n) is 17.2.